The quantitative estimate of drug-likeness (QED) is 0.550. The van der Waals surface area contributed by atoms with Gasteiger partial charge in [0.05, 0.1) is 6.61 Å². The number of hydrogen-bond donors (Lipinski definition) is 1. The van der Waals surface area contributed by atoms with E-state index in [1.807, 2.05) is 0 Å². The smallest absolute Gasteiger partial charge is 0.345 e. The summed E-state index contributed by atoms with van der Waals surface area (Å²) < 4.78 is 54.4. The standard InChI is InChI=1S/C15H18F4O3/c1-2-3-9(4-5-22-15(18)19)13(20)14(21)10-6-11(16)8-12(17)7-10/h3,6-7,11,14-15,21H,2,4-5,8H2,1H3/b9-3+. The molecule has 1 aliphatic carbocycles. The highest BCUT2D eigenvalue weighted by Gasteiger charge is 2.26. The summed E-state index contributed by atoms with van der Waals surface area (Å²) in [7, 11) is 0. The van der Waals surface area contributed by atoms with Crippen LogP contribution in [0.2, 0.25) is 0 Å². The third-order valence-corrected chi connectivity index (χ3v) is 3.03. The van der Waals surface area contributed by atoms with Gasteiger partial charge in [-0.25, -0.2) is 8.78 Å². The first-order valence-electron chi connectivity index (χ1n) is 6.88. The van der Waals surface area contributed by atoms with E-state index in [2.05, 4.69) is 4.74 Å². The SMILES string of the molecule is CC/C=C(\CCOC(F)F)C(=O)C(O)C1=CC(F)CC(F)=C1. The first kappa shape index (κ1) is 18.6. The van der Waals surface area contributed by atoms with E-state index in [0.717, 1.165) is 12.2 Å². The van der Waals surface area contributed by atoms with Crippen molar-refractivity contribution in [1.82, 2.24) is 0 Å². The number of hydrogen-bond acceptors (Lipinski definition) is 3. The summed E-state index contributed by atoms with van der Waals surface area (Å²) in [6.45, 7) is -1.62. The Morgan fingerprint density at radius 1 is 1.55 bits per heavy atom. The van der Waals surface area contributed by atoms with Gasteiger partial charge in [0.25, 0.3) is 0 Å². The van der Waals surface area contributed by atoms with Crippen LogP contribution in [0.25, 0.3) is 0 Å². The molecule has 0 aromatic heterocycles. The minimum absolute atomic E-state index is 0.0892. The highest BCUT2D eigenvalue weighted by atomic mass is 19.3. The lowest BCUT2D eigenvalue weighted by Crippen LogP contribution is -2.26. The molecule has 1 N–H and O–H groups in total. The molecule has 0 saturated heterocycles. The van der Waals surface area contributed by atoms with E-state index in [1.165, 1.54) is 6.08 Å². The molecule has 1 aliphatic rings. The minimum atomic E-state index is -2.95. The van der Waals surface area contributed by atoms with Crippen LogP contribution in [0.4, 0.5) is 17.6 Å². The van der Waals surface area contributed by atoms with E-state index in [4.69, 9.17) is 0 Å². The van der Waals surface area contributed by atoms with Crippen LogP contribution < -0.4 is 0 Å². The van der Waals surface area contributed by atoms with Crippen molar-refractivity contribution >= 4 is 5.78 Å². The van der Waals surface area contributed by atoms with Gasteiger partial charge in [-0.1, -0.05) is 13.0 Å². The van der Waals surface area contributed by atoms with E-state index >= 15 is 0 Å². The zero-order valence-electron chi connectivity index (χ0n) is 12.1. The highest BCUT2D eigenvalue weighted by Crippen LogP contribution is 2.25. The zero-order valence-corrected chi connectivity index (χ0v) is 12.1. The normalized spacial score (nSPS) is 20.7. The molecule has 0 saturated carbocycles. The Balaban J connectivity index is 2.79. The van der Waals surface area contributed by atoms with Crippen molar-refractivity contribution in [3.63, 3.8) is 0 Å². The number of ether oxygens (including phenoxy) is 1. The van der Waals surface area contributed by atoms with Gasteiger partial charge in [-0.15, -0.1) is 0 Å². The molecule has 0 amide bonds. The average Bonchev–Trinajstić information content (AvgIpc) is 2.43. The van der Waals surface area contributed by atoms with Crippen LogP contribution in [0, 0.1) is 0 Å². The van der Waals surface area contributed by atoms with Gasteiger partial charge in [0.2, 0.25) is 0 Å². The molecule has 0 heterocycles. The number of rotatable bonds is 8. The molecule has 124 valence electrons. The van der Waals surface area contributed by atoms with Crippen molar-refractivity contribution in [1.29, 1.82) is 0 Å². The molecule has 3 nitrogen and oxygen atoms in total. The van der Waals surface area contributed by atoms with Crippen molar-refractivity contribution in [3.8, 4) is 0 Å². The molecule has 2 atom stereocenters. The summed E-state index contributed by atoms with van der Waals surface area (Å²) in [5.74, 6) is -1.54. The fourth-order valence-corrected chi connectivity index (χ4v) is 2.07. The number of halogens is 4. The molecular weight excluding hydrogens is 304 g/mol. The number of carbonyl (C=O) groups is 1. The van der Waals surface area contributed by atoms with Crippen LogP contribution in [0.5, 0.6) is 0 Å². The van der Waals surface area contributed by atoms with Crippen molar-refractivity contribution in [2.75, 3.05) is 6.61 Å². The van der Waals surface area contributed by atoms with E-state index < -0.39 is 43.5 Å². The lowest BCUT2D eigenvalue weighted by molar-refractivity contribution is -0.130. The lowest BCUT2D eigenvalue weighted by atomic mass is 9.93. The predicted octanol–water partition coefficient (Wildman–Crippen LogP) is 3.40. The van der Waals surface area contributed by atoms with Crippen molar-refractivity contribution in [2.45, 2.75) is 45.1 Å². The zero-order chi connectivity index (χ0) is 16.7. The number of Topliss-reactive ketones (excluding diaryl/α,β-unsaturated/α-hetero) is 1. The Morgan fingerprint density at radius 2 is 2.23 bits per heavy atom. The summed E-state index contributed by atoms with van der Waals surface area (Å²) in [4.78, 5) is 12.1. The lowest BCUT2D eigenvalue weighted by Gasteiger charge is -2.18. The van der Waals surface area contributed by atoms with E-state index in [-0.39, 0.29) is 17.6 Å². The first-order chi connectivity index (χ1) is 10.3. The molecule has 1 rings (SSSR count). The summed E-state index contributed by atoms with van der Waals surface area (Å²) in [5.41, 5.74) is -0.0793. The van der Waals surface area contributed by atoms with Crippen LogP contribution >= 0.6 is 0 Å². The van der Waals surface area contributed by atoms with Crippen LogP contribution in [0.3, 0.4) is 0 Å². The van der Waals surface area contributed by atoms with Gasteiger partial charge < -0.3 is 9.84 Å². The van der Waals surface area contributed by atoms with Gasteiger partial charge in [-0.05, 0) is 36.1 Å². The first-order valence-corrected chi connectivity index (χ1v) is 6.88. The van der Waals surface area contributed by atoms with E-state index in [9.17, 15) is 27.5 Å². The summed E-state index contributed by atoms with van der Waals surface area (Å²) in [6, 6.07) is 0. The minimum Gasteiger partial charge on any atom is -0.380 e. The second-order valence-corrected chi connectivity index (χ2v) is 4.76. The second-order valence-electron chi connectivity index (χ2n) is 4.76. The Kier molecular flexibility index (Phi) is 7.47. The molecule has 7 heteroatoms. The second kappa shape index (κ2) is 8.85. The number of alkyl halides is 3. The van der Waals surface area contributed by atoms with Gasteiger partial charge in [0.15, 0.2) is 5.78 Å². The molecule has 0 radical (unpaired) electrons. The van der Waals surface area contributed by atoms with Crippen LogP contribution in [0.15, 0.2) is 35.2 Å². The van der Waals surface area contributed by atoms with Gasteiger partial charge in [-0.2, -0.15) is 8.78 Å². The number of ketones is 1. The third kappa shape index (κ3) is 5.73. The van der Waals surface area contributed by atoms with Gasteiger partial charge in [0.1, 0.15) is 18.1 Å². The fourth-order valence-electron chi connectivity index (χ4n) is 2.07. The highest BCUT2D eigenvalue weighted by molar-refractivity contribution is 6.00. The Labute approximate surface area is 126 Å². The molecule has 0 fully saturated rings. The monoisotopic (exact) mass is 322 g/mol. The maximum atomic E-state index is 13.3. The molecule has 0 aromatic rings. The topological polar surface area (TPSA) is 46.5 Å². The molecule has 0 spiro atoms. The predicted molar refractivity (Wildman–Crippen MR) is 72.7 cm³/mol. The molecule has 0 bridgehead atoms. The van der Waals surface area contributed by atoms with Crippen LogP contribution in [-0.2, 0) is 9.53 Å². The number of aliphatic hydroxyl groups excluding tert-OH is 1. The summed E-state index contributed by atoms with van der Waals surface area (Å²) in [6.07, 6.45) is -0.0784. The summed E-state index contributed by atoms with van der Waals surface area (Å²) >= 11 is 0. The van der Waals surface area contributed by atoms with Crippen LogP contribution in [0.1, 0.15) is 26.2 Å². The molecule has 0 aromatic carbocycles. The van der Waals surface area contributed by atoms with E-state index in [1.54, 1.807) is 6.92 Å². The maximum Gasteiger partial charge on any atom is 0.345 e. The van der Waals surface area contributed by atoms with Crippen LogP contribution in [-0.4, -0.2) is 36.4 Å². The third-order valence-electron chi connectivity index (χ3n) is 3.03. The van der Waals surface area contributed by atoms with E-state index in [0.29, 0.717) is 6.42 Å². The average molecular weight is 322 g/mol. The van der Waals surface area contributed by atoms with Crippen molar-refractivity contribution < 1.29 is 32.2 Å². The fraction of sp³-hybridized carbons (Fsp3) is 0.533. The summed E-state index contributed by atoms with van der Waals surface area (Å²) in [5, 5.41) is 9.96. The maximum absolute atomic E-state index is 13.3. The van der Waals surface area contributed by atoms with Crippen molar-refractivity contribution in [2.24, 2.45) is 0 Å². The Morgan fingerprint density at radius 3 is 2.77 bits per heavy atom. The van der Waals surface area contributed by atoms with Gasteiger partial charge in [0, 0.05) is 6.42 Å². The van der Waals surface area contributed by atoms with Crippen molar-refractivity contribution in [3.05, 3.63) is 35.2 Å². The number of allylic oxidation sites excluding steroid dienone is 3. The van der Waals surface area contributed by atoms with Gasteiger partial charge >= 0.3 is 6.61 Å². The molecule has 0 aliphatic heterocycles. The molecule has 2 unspecified atom stereocenters. The van der Waals surface area contributed by atoms with Gasteiger partial charge in [-0.3, -0.25) is 4.79 Å². The Hall–Kier alpha value is -1.47. The Bertz CT molecular complexity index is 483. The largest absolute Gasteiger partial charge is 0.380 e. The number of carbonyl (C=O) groups excluding carboxylic acids is 1. The molecular formula is C15H18F4O3. The number of aliphatic hydroxyl groups is 1. The molecule has 22 heavy (non-hydrogen) atoms.